The van der Waals surface area contributed by atoms with Gasteiger partial charge in [0.2, 0.25) is 0 Å². The summed E-state index contributed by atoms with van der Waals surface area (Å²) in [7, 11) is 0. The van der Waals surface area contributed by atoms with Crippen molar-refractivity contribution in [2.24, 2.45) is 5.90 Å². The van der Waals surface area contributed by atoms with Crippen LogP contribution >= 0.6 is 0 Å². The second-order valence-electron chi connectivity index (χ2n) is 3.80. The van der Waals surface area contributed by atoms with Crippen molar-refractivity contribution in [1.29, 1.82) is 0 Å². The van der Waals surface area contributed by atoms with Crippen LogP contribution in [0.3, 0.4) is 0 Å². The molecule has 1 saturated heterocycles. The lowest BCUT2D eigenvalue weighted by Gasteiger charge is -2.15. The molecule has 1 amide bonds. The van der Waals surface area contributed by atoms with Crippen LogP contribution in [0.2, 0.25) is 0 Å². The van der Waals surface area contributed by atoms with E-state index in [0.717, 1.165) is 6.42 Å². The highest BCUT2D eigenvalue weighted by Crippen LogP contribution is 2.15. The van der Waals surface area contributed by atoms with Crippen LogP contribution in [0, 0.1) is 5.82 Å². The fraction of sp³-hybridized carbons (Fsp3) is 0.364. The summed E-state index contributed by atoms with van der Waals surface area (Å²) in [5.74, 6) is 4.61. The molecule has 1 aliphatic rings. The highest BCUT2D eigenvalue weighted by atomic mass is 19.1. The molecule has 2 rings (SSSR count). The Balaban J connectivity index is 2.05. The van der Waals surface area contributed by atoms with Gasteiger partial charge in [-0.25, -0.2) is 10.3 Å². The predicted octanol–water partition coefficient (Wildman–Crippen LogP) is 0.930. The first kappa shape index (κ1) is 11.0. The van der Waals surface area contributed by atoms with Crippen molar-refractivity contribution in [3.63, 3.8) is 0 Å². The van der Waals surface area contributed by atoms with E-state index in [2.05, 4.69) is 0 Å². The lowest BCUT2D eigenvalue weighted by atomic mass is 10.2. The molecule has 0 radical (unpaired) electrons. The summed E-state index contributed by atoms with van der Waals surface area (Å²) in [6.45, 7) is 1.12. The molecule has 1 aliphatic heterocycles. The van der Waals surface area contributed by atoms with E-state index < -0.39 is 0 Å². The first-order valence-corrected chi connectivity index (χ1v) is 5.11. The van der Waals surface area contributed by atoms with Gasteiger partial charge < -0.3 is 4.90 Å². The maximum absolute atomic E-state index is 12.7. The van der Waals surface area contributed by atoms with Crippen molar-refractivity contribution in [3.05, 3.63) is 35.6 Å². The summed E-state index contributed by atoms with van der Waals surface area (Å²) in [6, 6.07) is 5.52. The van der Waals surface area contributed by atoms with Gasteiger partial charge >= 0.3 is 0 Å². The molecule has 1 fully saturated rings. The highest BCUT2D eigenvalue weighted by Gasteiger charge is 2.27. The molecule has 5 heteroatoms. The van der Waals surface area contributed by atoms with Crippen LogP contribution in [-0.4, -0.2) is 30.0 Å². The maximum atomic E-state index is 12.7. The normalized spacial score (nSPS) is 20.1. The van der Waals surface area contributed by atoms with Crippen molar-refractivity contribution in [1.82, 2.24) is 4.90 Å². The largest absolute Gasteiger partial charge is 0.336 e. The lowest BCUT2D eigenvalue weighted by Crippen LogP contribution is -2.30. The third-order valence-corrected chi connectivity index (χ3v) is 2.72. The van der Waals surface area contributed by atoms with Crippen molar-refractivity contribution in [3.8, 4) is 0 Å². The Morgan fingerprint density at radius 1 is 1.44 bits per heavy atom. The van der Waals surface area contributed by atoms with Crippen LogP contribution < -0.4 is 5.90 Å². The van der Waals surface area contributed by atoms with Crippen LogP contribution in [0.4, 0.5) is 4.39 Å². The van der Waals surface area contributed by atoms with E-state index in [9.17, 15) is 9.18 Å². The summed E-state index contributed by atoms with van der Waals surface area (Å²) in [6.07, 6.45) is 0.646. The minimum Gasteiger partial charge on any atom is -0.336 e. The number of rotatable bonds is 2. The zero-order valence-corrected chi connectivity index (χ0v) is 8.73. The number of carbonyl (C=O) groups is 1. The minimum atomic E-state index is -0.346. The third-order valence-electron chi connectivity index (χ3n) is 2.72. The molecule has 0 saturated carbocycles. The molecule has 0 aliphatic carbocycles. The van der Waals surface area contributed by atoms with E-state index >= 15 is 0 Å². The van der Waals surface area contributed by atoms with Crippen molar-refractivity contribution in [2.45, 2.75) is 12.5 Å². The van der Waals surface area contributed by atoms with Gasteiger partial charge in [0.25, 0.3) is 5.91 Å². The lowest BCUT2D eigenvalue weighted by molar-refractivity contribution is 0.0537. The summed E-state index contributed by atoms with van der Waals surface area (Å²) >= 11 is 0. The van der Waals surface area contributed by atoms with E-state index in [0.29, 0.717) is 18.7 Å². The standard InChI is InChI=1S/C11H13FN2O2/c12-9-3-1-8(2-4-9)11(15)14-6-5-10(7-14)16-13/h1-4,10H,5-7,13H2. The predicted molar refractivity (Wildman–Crippen MR) is 56.0 cm³/mol. The van der Waals surface area contributed by atoms with Gasteiger partial charge in [0.1, 0.15) is 5.82 Å². The Labute approximate surface area is 92.7 Å². The molecule has 16 heavy (non-hydrogen) atoms. The summed E-state index contributed by atoms with van der Waals surface area (Å²) in [4.78, 5) is 18.3. The second kappa shape index (κ2) is 4.59. The first-order chi connectivity index (χ1) is 7.70. The van der Waals surface area contributed by atoms with E-state index in [4.69, 9.17) is 10.7 Å². The molecular weight excluding hydrogens is 211 g/mol. The fourth-order valence-corrected chi connectivity index (χ4v) is 1.80. The molecule has 4 nitrogen and oxygen atoms in total. The van der Waals surface area contributed by atoms with Crippen LogP contribution in [0.25, 0.3) is 0 Å². The number of halogens is 1. The maximum Gasteiger partial charge on any atom is 0.253 e. The van der Waals surface area contributed by atoms with Gasteiger partial charge in [-0.1, -0.05) is 0 Å². The topological polar surface area (TPSA) is 55.6 Å². The third kappa shape index (κ3) is 2.20. The smallest absolute Gasteiger partial charge is 0.253 e. The van der Waals surface area contributed by atoms with E-state index in [1.54, 1.807) is 4.90 Å². The molecule has 1 unspecified atom stereocenters. The van der Waals surface area contributed by atoms with Gasteiger partial charge in [0.05, 0.1) is 6.10 Å². The number of likely N-dealkylation sites (tertiary alicyclic amines) is 1. The number of nitrogens with two attached hydrogens (primary N) is 1. The summed E-state index contributed by atoms with van der Waals surface area (Å²) < 4.78 is 12.7. The van der Waals surface area contributed by atoms with Crippen LogP contribution in [0.15, 0.2) is 24.3 Å². The minimum absolute atomic E-state index is 0.0931. The van der Waals surface area contributed by atoms with Crippen LogP contribution in [-0.2, 0) is 4.84 Å². The van der Waals surface area contributed by atoms with Crippen molar-refractivity contribution < 1.29 is 14.0 Å². The fourth-order valence-electron chi connectivity index (χ4n) is 1.80. The Hall–Kier alpha value is -1.46. The van der Waals surface area contributed by atoms with E-state index in [-0.39, 0.29) is 17.8 Å². The number of hydrogen-bond donors (Lipinski definition) is 1. The van der Waals surface area contributed by atoms with Gasteiger partial charge in [-0.3, -0.25) is 9.63 Å². The Bertz CT molecular complexity index is 380. The molecule has 1 heterocycles. The molecule has 0 spiro atoms. The molecule has 86 valence electrons. The Kier molecular flexibility index (Phi) is 3.17. The molecule has 2 N–H and O–H groups in total. The number of hydrogen-bond acceptors (Lipinski definition) is 3. The van der Waals surface area contributed by atoms with Gasteiger partial charge in [-0.2, -0.15) is 0 Å². The molecule has 0 aromatic heterocycles. The molecule has 1 aromatic rings. The van der Waals surface area contributed by atoms with E-state index in [1.807, 2.05) is 0 Å². The van der Waals surface area contributed by atoms with Crippen molar-refractivity contribution in [2.75, 3.05) is 13.1 Å². The SMILES string of the molecule is NOC1CCN(C(=O)c2ccc(F)cc2)C1. The summed E-state index contributed by atoms with van der Waals surface area (Å²) in [5.41, 5.74) is 0.485. The Morgan fingerprint density at radius 2 is 2.12 bits per heavy atom. The first-order valence-electron chi connectivity index (χ1n) is 5.11. The van der Waals surface area contributed by atoms with Gasteiger partial charge in [0, 0.05) is 18.7 Å². The number of amides is 1. The number of carbonyl (C=O) groups excluding carboxylic acids is 1. The molecule has 1 aromatic carbocycles. The monoisotopic (exact) mass is 224 g/mol. The summed E-state index contributed by atoms with van der Waals surface area (Å²) in [5, 5.41) is 0. The van der Waals surface area contributed by atoms with E-state index in [1.165, 1.54) is 24.3 Å². The highest BCUT2D eigenvalue weighted by molar-refractivity contribution is 5.94. The Morgan fingerprint density at radius 3 is 2.69 bits per heavy atom. The molecular formula is C11H13FN2O2. The number of nitrogens with zero attached hydrogens (tertiary/aromatic N) is 1. The van der Waals surface area contributed by atoms with Crippen LogP contribution in [0.1, 0.15) is 16.8 Å². The average molecular weight is 224 g/mol. The zero-order chi connectivity index (χ0) is 11.5. The second-order valence-corrected chi connectivity index (χ2v) is 3.80. The number of benzene rings is 1. The quantitative estimate of drug-likeness (QED) is 0.760. The van der Waals surface area contributed by atoms with Crippen LogP contribution in [0.5, 0.6) is 0 Å². The zero-order valence-electron chi connectivity index (χ0n) is 8.73. The molecule has 1 atom stereocenters. The van der Waals surface area contributed by atoms with Gasteiger partial charge in [-0.05, 0) is 30.7 Å². The molecule has 0 bridgehead atoms. The van der Waals surface area contributed by atoms with Crippen molar-refractivity contribution >= 4 is 5.91 Å². The average Bonchev–Trinajstić information content (AvgIpc) is 2.77. The van der Waals surface area contributed by atoms with Gasteiger partial charge in [0.15, 0.2) is 0 Å². The van der Waals surface area contributed by atoms with Gasteiger partial charge in [-0.15, -0.1) is 0 Å².